The molecule has 3 aromatic rings. The number of carboxylic acids is 2. The van der Waals surface area contributed by atoms with Crippen molar-refractivity contribution in [3.8, 4) is 5.75 Å². The summed E-state index contributed by atoms with van der Waals surface area (Å²) in [5, 5.41) is 14.8. The quantitative estimate of drug-likeness (QED) is 0.390. The summed E-state index contributed by atoms with van der Waals surface area (Å²) in [4.78, 5) is 38.4. The van der Waals surface area contributed by atoms with Crippen LogP contribution in [-0.2, 0) is 34.1 Å². The molecular formula is C33H39N3O6. The van der Waals surface area contributed by atoms with Gasteiger partial charge in [-0.2, -0.15) is 0 Å². The number of rotatable bonds is 8. The maximum Gasteiger partial charge on any atom is 0.414 e. The molecule has 3 aromatic carbocycles. The summed E-state index contributed by atoms with van der Waals surface area (Å²) >= 11 is 0. The van der Waals surface area contributed by atoms with Crippen molar-refractivity contribution in [3.05, 3.63) is 102 Å². The van der Waals surface area contributed by atoms with Gasteiger partial charge in [0.25, 0.3) is 0 Å². The molecule has 0 saturated carbocycles. The zero-order chi connectivity index (χ0) is 29.7. The molecule has 9 nitrogen and oxygen atoms in total. The van der Waals surface area contributed by atoms with Gasteiger partial charge in [0, 0.05) is 45.2 Å². The normalized spacial score (nSPS) is 16.2. The number of hydrogen-bond acceptors (Lipinski definition) is 6. The van der Waals surface area contributed by atoms with Gasteiger partial charge in [-0.25, -0.2) is 9.59 Å². The van der Waals surface area contributed by atoms with Crippen molar-refractivity contribution in [1.82, 2.24) is 14.7 Å². The van der Waals surface area contributed by atoms with Crippen LogP contribution >= 0.6 is 0 Å². The largest absolute Gasteiger partial charge is 0.489 e. The van der Waals surface area contributed by atoms with Gasteiger partial charge in [0.2, 0.25) is 5.91 Å². The molecule has 2 aliphatic heterocycles. The molecule has 2 saturated heterocycles. The summed E-state index contributed by atoms with van der Waals surface area (Å²) in [7, 11) is 0. The fraction of sp³-hybridized carbons (Fsp3) is 0.364. The molecule has 0 aliphatic carbocycles. The van der Waals surface area contributed by atoms with Gasteiger partial charge in [0.05, 0.1) is 0 Å². The topological polar surface area (TPSA) is 111 Å². The van der Waals surface area contributed by atoms with Crippen LogP contribution in [-0.4, -0.2) is 82.0 Å². The SMILES string of the molecule is O=C(C1CCN(Cc2ccc(OCc3ccccc3)cc2)CC1)N1CCN(Cc2ccccc2)CC1.O=C(O)C(=O)O. The Morgan fingerprint density at radius 3 is 1.62 bits per heavy atom. The molecule has 9 heteroatoms. The number of piperidine rings is 1. The van der Waals surface area contributed by atoms with Gasteiger partial charge in [-0.1, -0.05) is 72.8 Å². The van der Waals surface area contributed by atoms with Crippen LogP contribution < -0.4 is 4.74 Å². The molecular weight excluding hydrogens is 534 g/mol. The fourth-order valence-electron chi connectivity index (χ4n) is 5.25. The first kappa shape index (κ1) is 30.7. The average molecular weight is 574 g/mol. The van der Waals surface area contributed by atoms with Crippen LogP contribution in [0.25, 0.3) is 0 Å². The van der Waals surface area contributed by atoms with E-state index >= 15 is 0 Å². The van der Waals surface area contributed by atoms with E-state index in [9.17, 15) is 4.79 Å². The Kier molecular flexibility index (Phi) is 11.5. The minimum Gasteiger partial charge on any atom is -0.489 e. The number of carbonyl (C=O) groups excluding carboxylic acids is 1. The molecule has 2 fully saturated rings. The van der Waals surface area contributed by atoms with Crippen LogP contribution in [0, 0.1) is 5.92 Å². The monoisotopic (exact) mass is 573 g/mol. The molecule has 2 N–H and O–H groups in total. The van der Waals surface area contributed by atoms with E-state index in [0.29, 0.717) is 12.5 Å². The summed E-state index contributed by atoms with van der Waals surface area (Å²) in [6, 6.07) is 29.3. The number of carbonyl (C=O) groups is 3. The first-order valence-electron chi connectivity index (χ1n) is 14.4. The van der Waals surface area contributed by atoms with E-state index in [1.807, 2.05) is 18.2 Å². The van der Waals surface area contributed by atoms with Crippen LogP contribution in [0.4, 0.5) is 0 Å². The summed E-state index contributed by atoms with van der Waals surface area (Å²) in [5.41, 5.74) is 3.81. The highest BCUT2D eigenvalue weighted by atomic mass is 16.5. The number of nitrogens with zero attached hydrogens (tertiary/aromatic N) is 3. The first-order chi connectivity index (χ1) is 20.4. The van der Waals surface area contributed by atoms with Gasteiger partial charge in [0.15, 0.2) is 0 Å². The molecule has 5 rings (SSSR count). The van der Waals surface area contributed by atoms with Crippen molar-refractivity contribution >= 4 is 17.8 Å². The lowest BCUT2D eigenvalue weighted by Crippen LogP contribution is -2.51. The Balaban J connectivity index is 0.000000612. The Hall–Kier alpha value is -4.21. The number of amides is 1. The highest BCUT2D eigenvalue weighted by molar-refractivity contribution is 6.27. The maximum absolute atomic E-state index is 13.2. The second-order valence-electron chi connectivity index (χ2n) is 10.7. The third kappa shape index (κ3) is 9.71. The average Bonchev–Trinajstić information content (AvgIpc) is 3.02. The lowest BCUT2D eigenvalue weighted by Gasteiger charge is -2.38. The molecule has 0 aromatic heterocycles. The van der Waals surface area contributed by atoms with Crippen LogP contribution in [0.2, 0.25) is 0 Å². The van der Waals surface area contributed by atoms with Crippen LogP contribution in [0.15, 0.2) is 84.9 Å². The zero-order valence-corrected chi connectivity index (χ0v) is 23.8. The third-order valence-corrected chi connectivity index (χ3v) is 7.63. The molecule has 0 unspecified atom stereocenters. The number of piperazine rings is 1. The van der Waals surface area contributed by atoms with Crippen molar-refractivity contribution in [2.45, 2.75) is 32.5 Å². The molecule has 0 atom stereocenters. The van der Waals surface area contributed by atoms with Gasteiger partial charge in [-0.05, 0) is 54.8 Å². The zero-order valence-electron chi connectivity index (χ0n) is 23.8. The van der Waals surface area contributed by atoms with Crippen molar-refractivity contribution in [2.75, 3.05) is 39.3 Å². The Morgan fingerprint density at radius 2 is 1.10 bits per heavy atom. The van der Waals surface area contributed by atoms with Gasteiger partial charge >= 0.3 is 11.9 Å². The summed E-state index contributed by atoms with van der Waals surface area (Å²) in [6.07, 6.45) is 1.92. The first-order valence-corrected chi connectivity index (χ1v) is 14.4. The predicted octanol–water partition coefficient (Wildman–Crippen LogP) is 3.98. The molecule has 1 amide bonds. The van der Waals surface area contributed by atoms with Crippen LogP contribution in [0.1, 0.15) is 29.5 Å². The molecule has 222 valence electrons. The van der Waals surface area contributed by atoms with E-state index in [1.165, 1.54) is 16.7 Å². The highest BCUT2D eigenvalue weighted by Crippen LogP contribution is 2.23. The van der Waals surface area contributed by atoms with Crippen molar-refractivity contribution < 1.29 is 29.3 Å². The number of hydrogen-bond donors (Lipinski definition) is 2. The van der Waals surface area contributed by atoms with Gasteiger partial charge in [-0.3, -0.25) is 14.6 Å². The van der Waals surface area contributed by atoms with Gasteiger partial charge in [0.1, 0.15) is 12.4 Å². The van der Waals surface area contributed by atoms with Gasteiger partial charge in [-0.15, -0.1) is 0 Å². The molecule has 2 heterocycles. The number of aliphatic carboxylic acids is 2. The number of carboxylic acid groups (broad SMARTS) is 2. The smallest absolute Gasteiger partial charge is 0.414 e. The van der Waals surface area contributed by atoms with E-state index in [-0.39, 0.29) is 5.92 Å². The van der Waals surface area contributed by atoms with E-state index in [0.717, 1.165) is 70.9 Å². The Bertz CT molecular complexity index is 1260. The summed E-state index contributed by atoms with van der Waals surface area (Å²) in [6.45, 7) is 8.08. The standard InChI is InChI=1S/C31H37N3O2.C2H2O4/c35-31(34-21-19-33(20-22-34)23-26-7-3-1-4-8-26)29-15-17-32(18-16-29)24-27-11-13-30(14-12-27)36-25-28-9-5-2-6-10-28;3-1(4)2(5)6/h1-14,29H,15-25H2;(H,3,4)(H,5,6). The van der Waals surface area contributed by atoms with Gasteiger partial charge < -0.3 is 19.8 Å². The lowest BCUT2D eigenvalue weighted by molar-refractivity contribution is -0.159. The lowest BCUT2D eigenvalue weighted by atomic mass is 9.94. The predicted molar refractivity (Wildman–Crippen MR) is 159 cm³/mol. The Labute approximate surface area is 246 Å². The number of ether oxygens (including phenoxy) is 1. The van der Waals surface area contributed by atoms with E-state index in [2.05, 4.69) is 81.4 Å². The molecule has 2 aliphatic rings. The number of likely N-dealkylation sites (tertiary alicyclic amines) is 1. The molecule has 0 spiro atoms. The molecule has 0 bridgehead atoms. The minimum absolute atomic E-state index is 0.177. The van der Waals surface area contributed by atoms with Crippen LogP contribution in [0.3, 0.4) is 0 Å². The third-order valence-electron chi connectivity index (χ3n) is 7.63. The van der Waals surface area contributed by atoms with E-state index in [4.69, 9.17) is 24.5 Å². The number of benzene rings is 3. The fourth-order valence-corrected chi connectivity index (χ4v) is 5.25. The summed E-state index contributed by atoms with van der Waals surface area (Å²) < 4.78 is 5.91. The second kappa shape index (κ2) is 15.7. The highest BCUT2D eigenvalue weighted by Gasteiger charge is 2.30. The van der Waals surface area contributed by atoms with Crippen LogP contribution in [0.5, 0.6) is 5.75 Å². The van der Waals surface area contributed by atoms with E-state index in [1.54, 1.807) is 0 Å². The molecule has 42 heavy (non-hydrogen) atoms. The second-order valence-corrected chi connectivity index (χ2v) is 10.7. The van der Waals surface area contributed by atoms with Crippen molar-refractivity contribution in [1.29, 1.82) is 0 Å². The van der Waals surface area contributed by atoms with E-state index < -0.39 is 11.9 Å². The Morgan fingerprint density at radius 1 is 0.619 bits per heavy atom. The minimum atomic E-state index is -1.82. The molecule has 0 radical (unpaired) electrons. The van der Waals surface area contributed by atoms with Crippen molar-refractivity contribution in [3.63, 3.8) is 0 Å². The summed E-state index contributed by atoms with van der Waals surface area (Å²) in [5.74, 6) is -2.20. The maximum atomic E-state index is 13.2. The van der Waals surface area contributed by atoms with Crippen molar-refractivity contribution in [2.24, 2.45) is 5.92 Å².